The second-order valence-corrected chi connectivity index (χ2v) is 5.10. The normalized spacial score (nSPS) is 10.6. The lowest BCUT2D eigenvalue weighted by molar-refractivity contribution is -0.141. The molecule has 2 rings (SSSR count). The third-order valence-corrected chi connectivity index (χ3v) is 3.74. The van der Waals surface area contributed by atoms with E-state index >= 15 is 0 Å². The number of H-pyrrole nitrogens is 1. The number of ether oxygens (including phenoxy) is 2. The number of fused-ring (bicyclic) bond motifs is 1. The Bertz CT molecular complexity index is 662. The monoisotopic (exact) mass is 339 g/mol. The fourth-order valence-electron chi connectivity index (χ4n) is 2.08. The molecule has 0 saturated heterocycles. The highest BCUT2D eigenvalue weighted by molar-refractivity contribution is 9.10. The van der Waals surface area contributed by atoms with Gasteiger partial charge in [0, 0.05) is 15.6 Å². The van der Waals surface area contributed by atoms with E-state index in [0.29, 0.717) is 5.69 Å². The van der Waals surface area contributed by atoms with E-state index in [1.54, 1.807) is 0 Å². The van der Waals surface area contributed by atoms with Crippen molar-refractivity contribution >= 4 is 38.8 Å². The van der Waals surface area contributed by atoms with Crippen molar-refractivity contribution in [3.8, 4) is 0 Å². The number of carbonyl (C=O) groups is 2. The van der Waals surface area contributed by atoms with Gasteiger partial charge >= 0.3 is 11.9 Å². The van der Waals surface area contributed by atoms with Crippen LogP contribution in [-0.4, -0.2) is 31.1 Å². The molecule has 2 aromatic rings. The topological polar surface area (TPSA) is 68.4 Å². The SMILES string of the molecule is COC(=O)Cc1[nH]c2c(Br)cccc2c1CC(=O)OC. The molecule has 0 aliphatic rings. The maximum atomic E-state index is 11.6. The van der Waals surface area contributed by atoms with Gasteiger partial charge in [-0.3, -0.25) is 9.59 Å². The number of halogens is 1. The molecule has 0 radical (unpaired) electrons. The molecule has 1 heterocycles. The zero-order chi connectivity index (χ0) is 14.7. The molecule has 0 bridgehead atoms. The van der Waals surface area contributed by atoms with E-state index in [4.69, 9.17) is 4.74 Å². The Labute approximate surface area is 124 Å². The molecule has 1 aromatic heterocycles. The van der Waals surface area contributed by atoms with Crippen LogP contribution in [0.2, 0.25) is 0 Å². The number of hydrogen-bond acceptors (Lipinski definition) is 4. The summed E-state index contributed by atoms with van der Waals surface area (Å²) in [4.78, 5) is 26.2. The summed E-state index contributed by atoms with van der Waals surface area (Å²) in [7, 11) is 2.67. The Morgan fingerprint density at radius 1 is 1.15 bits per heavy atom. The number of aromatic nitrogens is 1. The van der Waals surface area contributed by atoms with Gasteiger partial charge < -0.3 is 14.5 Å². The van der Waals surface area contributed by atoms with Gasteiger partial charge in [-0.25, -0.2) is 0 Å². The molecule has 20 heavy (non-hydrogen) atoms. The summed E-state index contributed by atoms with van der Waals surface area (Å²) in [6.45, 7) is 0. The minimum atomic E-state index is -0.362. The van der Waals surface area contributed by atoms with Crippen molar-refractivity contribution in [2.24, 2.45) is 0 Å². The van der Waals surface area contributed by atoms with Crippen LogP contribution >= 0.6 is 15.9 Å². The molecular weight excluding hydrogens is 326 g/mol. The summed E-state index contributed by atoms with van der Waals surface area (Å²) in [5.74, 6) is -0.712. The fraction of sp³-hybridized carbons (Fsp3) is 0.286. The largest absolute Gasteiger partial charge is 0.469 e. The van der Waals surface area contributed by atoms with Gasteiger partial charge in [0.15, 0.2) is 0 Å². The van der Waals surface area contributed by atoms with Crippen LogP contribution in [0, 0.1) is 0 Å². The Balaban J connectivity index is 2.53. The Morgan fingerprint density at radius 2 is 1.80 bits per heavy atom. The lowest BCUT2D eigenvalue weighted by atomic mass is 10.1. The quantitative estimate of drug-likeness (QED) is 0.868. The van der Waals surface area contributed by atoms with Crippen molar-refractivity contribution in [2.45, 2.75) is 12.8 Å². The van der Waals surface area contributed by atoms with Crippen LogP contribution in [0.15, 0.2) is 22.7 Å². The van der Waals surface area contributed by atoms with Gasteiger partial charge in [0.05, 0.1) is 32.6 Å². The van der Waals surface area contributed by atoms with Crippen molar-refractivity contribution in [3.63, 3.8) is 0 Å². The van der Waals surface area contributed by atoms with E-state index in [-0.39, 0.29) is 24.8 Å². The number of benzene rings is 1. The maximum absolute atomic E-state index is 11.6. The van der Waals surface area contributed by atoms with Gasteiger partial charge in [0.25, 0.3) is 0 Å². The summed E-state index contributed by atoms with van der Waals surface area (Å²) >= 11 is 3.45. The average Bonchev–Trinajstić information content (AvgIpc) is 2.78. The van der Waals surface area contributed by atoms with Gasteiger partial charge in [-0.05, 0) is 27.6 Å². The van der Waals surface area contributed by atoms with Crippen molar-refractivity contribution in [1.29, 1.82) is 0 Å². The number of nitrogens with one attached hydrogen (secondary N) is 1. The Kier molecular flexibility index (Phi) is 4.44. The smallest absolute Gasteiger partial charge is 0.311 e. The standard InChI is InChI=1S/C14H14BrNO4/c1-19-12(17)6-9-8-4-3-5-10(15)14(8)16-11(9)7-13(18)20-2/h3-5,16H,6-7H2,1-2H3. The van der Waals surface area contributed by atoms with Crippen molar-refractivity contribution < 1.29 is 19.1 Å². The molecule has 1 N–H and O–H groups in total. The van der Waals surface area contributed by atoms with E-state index in [0.717, 1.165) is 20.9 Å². The summed E-state index contributed by atoms with van der Waals surface area (Å²) < 4.78 is 10.3. The average molecular weight is 340 g/mol. The van der Waals surface area contributed by atoms with Crippen LogP contribution in [0.4, 0.5) is 0 Å². The molecule has 0 unspecified atom stereocenters. The van der Waals surface area contributed by atoms with Gasteiger partial charge in [0.2, 0.25) is 0 Å². The van der Waals surface area contributed by atoms with Gasteiger partial charge in [-0.1, -0.05) is 12.1 Å². The summed E-state index contributed by atoms with van der Waals surface area (Å²) in [6, 6.07) is 5.67. The van der Waals surface area contributed by atoms with E-state index in [1.165, 1.54) is 14.2 Å². The molecule has 6 heteroatoms. The molecule has 106 valence electrons. The first kappa shape index (κ1) is 14.6. The van der Waals surface area contributed by atoms with Gasteiger partial charge in [0.1, 0.15) is 0 Å². The van der Waals surface area contributed by atoms with E-state index < -0.39 is 0 Å². The lowest BCUT2D eigenvalue weighted by Gasteiger charge is -2.03. The van der Waals surface area contributed by atoms with Crippen molar-refractivity contribution in [1.82, 2.24) is 4.98 Å². The molecule has 0 aliphatic carbocycles. The highest BCUT2D eigenvalue weighted by Crippen LogP contribution is 2.29. The maximum Gasteiger partial charge on any atom is 0.311 e. The van der Waals surface area contributed by atoms with Gasteiger partial charge in [-0.2, -0.15) is 0 Å². The number of para-hydroxylation sites is 1. The van der Waals surface area contributed by atoms with Gasteiger partial charge in [-0.15, -0.1) is 0 Å². The van der Waals surface area contributed by atoms with Crippen LogP contribution in [0.3, 0.4) is 0 Å². The number of methoxy groups -OCH3 is 2. The van der Waals surface area contributed by atoms with Crippen molar-refractivity contribution in [2.75, 3.05) is 14.2 Å². The first-order valence-corrected chi connectivity index (χ1v) is 6.77. The summed E-state index contributed by atoms with van der Waals surface area (Å²) in [5.41, 5.74) is 2.29. The second-order valence-electron chi connectivity index (χ2n) is 4.25. The van der Waals surface area contributed by atoms with E-state index in [2.05, 4.69) is 25.7 Å². The van der Waals surface area contributed by atoms with Crippen LogP contribution in [0.25, 0.3) is 10.9 Å². The second kappa shape index (κ2) is 6.09. The molecule has 1 aromatic carbocycles. The van der Waals surface area contributed by atoms with Crippen LogP contribution in [0.1, 0.15) is 11.3 Å². The zero-order valence-electron chi connectivity index (χ0n) is 11.2. The minimum Gasteiger partial charge on any atom is -0.469 e. The van der Waals surface area contributed by atoms with Crippen LogP contribution < -0.4 is 0 Å². The zero-order valence-corrected chi connectivity index (χ0v) is 12.7. The summed E-state index contributed by atoms with van der Waals surface area (Å²) in [5, 5.41) is 0.892. The highest BCUT2D eigenvalue weighted by atomic mass is 79.9. The van der Waals surface area contributed by atoms with E-state index in [9.17, 15) is 9.59 Å². The van der Waals surface area contributed by atoms with E-state index in [1.807, 2.05) is 18.2 Å². The van der Waals surface area contributed by atoms with Crippen molar-refractivity contribution in [3.05, 3.63) is 33.9 Å². The molecular formula is C14H14BrNO4. The molecule has 0 amide bonds. The van der Waals surface area contributed by atoms with Crippen LogP contribution in [0.5, 0.6) is 0 Å². The highest BCUT2D eigenvalue weighted by Gasteiger charge is 2.18. The summed E-state index contributed by atoms with van der Waals surface area (Å²) in [6.07, 6.45) is 0.198. The molecule has 0 aliphatic heterocycles. The molecule has 5 nitrogen and oxygen atoms in total. The first-order chi connectivity index (χ1) is 9.56. The third kappa shape index (κ3) is 2.85. The predicted molar refractivity (Wildman–Crippen MR) is 77.4 cm³/mol. The fourth-order valence-corrected chi connectivity index (χ4v) is 2.54. The molecule has 0 fully saturated rings. The van der Waals surface area contributed by atoms with Crippen LogP contribution in [-0.2, 0) is 31.9 Å². The number of hydrogen-bond donors (Lipinski definition) is 1. The molecule has 0 atom stereocenters. The Hall–Kier alpha value is -1.82. The minimum absolute atomic E-state index is 0.0872. The lowest BCUT2D eigenvalue weighted by Crippen LogP contribution is -2.10. The predicted octanol–water partition coefficient (Wildman–Crippen LogP) is 2.36. The first-order valence-electron chi connectivity index (χ1n) is 5.98. The number of carbonyl (C=O) groups excluding carboxylic acids is 2. The third-order valence-electron chi connectivity index (χ3n) is 3.08. The Morgan fingerprint density at radius 3 is 2.45 bits per heavy atom. The number of esters is 2. The number of aromatic amines is 1. The molecule has 0 spiro atoms. The molecule has 0 saturated carbocycles. The number of rotatable bonds is 4.